The Morgan fingerprint density at radius 1 is 0.964 bits per heavy atom. The third kappa shape index (κ3) is 5.72. The van der Waals surface area contributed by atoms with Gasteiger partial charge in [0.1, 0.15) is 0 Å². The summed E-state index contributed by atoms with van der Waals surface area (Å²) in [5, 5.41) is 6.94. The molecule has 0 aliphatic heterocycles. The van der Waals surface area contributed by atoms with E-state index in [9.17, 15) is 4.79 Å². The Kier molecular flexibility index (Phi) is 8.30. The molecule has 0 radical (unpaired) electrons. The molecule has 0 aliphatic rings. The van der Waals surface area contributed by atoms with Gasteiger partial charge in [-0.25, -0.2) is 0 Å². The lowest BCUT2D eigenvalue weighted by Gasteiger charge is -2.11. The quantitative estimate of drug-likeness (QED) is 0.485. The number of benzene rings is 2. The van der Waals surface area contributed by atoms with E-state index >= 15 is 0 Å². The Labute approximate surface area is 165 Å². The molecule has 2 aromatic rings. The molecule has 28 heavy (non-hydrogen) atoms. The van der Waals surface area contributed by atoms with Gasteiger partial charge in [0.25, 0.3) is 5.91 Å². The maximum absolute atomic E-state index is 12.6. The Bertz CT molecular complexity index is 804. The number of carbonyl (C=O) groups excluding carboxylic acids is 1. The van der Waals surface area contributed by atoms with Gasteiger partial charge in [0.05, 0.1) is 21.3 Å². The Hall–Kier alpha value is -3.06. The van der Waals surface area contributed by atoms with E-state index in [0.29, 0.717) is 30.0 Å². The fourth-order valence-corrected chi connectivity index (χ4v) is 2.68. The molecular weight excluding hydrogens is 358 g/mol. The highest BCUT2D eigenvalue weighted by molar-refractivity contribution is 6.45. The standard InChI is InChI=1S/C21H27N3O4/c1-5-15-6-9-17(10-7-15)20(23-24-28-4)21(25)22-13-12-16-8-11-18(26-2)19(14-16)27-3/h6-11,14,24H,5,12-13H2,1-4H3,(H,22,25)/b23-20+. The predicted molar refractivity (Wildman–Crippen MR) is 109 cm³/mol. The summed E-state index contributed by atoms with van der Waals surface area (Å²) in [7, 11) is 4.63. The van der Waals surface area contributed by atoms with Gasteiger partial charge in [0, 0.05) is 12.1 Å². The highest BCUT2D eigenvalue weighted by atomic mass is 16.7. The summed E-state index contributed by atoms with van der Waals surface area (Å²) in [6, 6.07) is 13.4. The van der Waals surface area contributed by atoms with Crippen LogP contribution in [0.4, 0.5) is 0 Å². The molecule has 7 heteroatoms. The summed E-state index contributed by atoms with van der Waals surface area (Å²) in [5.41, 5.74) is 5.58. The van der Waals surface area contributed by atoms with Gasteiger partial charge in [0.15, 0.2) is 17.2 Å². The largest absolute Gasteiger partial charge is 0.493 e. The van der Waals surface area contributed by atoms with Crippen LogP contribution in [0.1, 0.15) is 23.6 Å². The van der Waals surface area contributed by atoms with Crippen molar-refractivity contribution in [2.24, 2.45) is 5.10 Å². The van der Waals surface area contributed by atoms with Gasteiger partial charge in [0.2, 0.25) is 0 Å². The summed E-state index contributed by atoms with van der Waals surface area (Å²) < 4.78 is 10.5. The highest BCUT2D eigenvalue weighted by Gasteiger charge is 2.14. The molecule has 0 aromatic heterocycles. The van der Waals surface area contributed by atoms with E-state index < -0.39 is 0 Å². The Morgan fingerprint density at radius 3 is 2.25 bits per heavy atom. The number of carbonyl (C=O) groups is 1. The molecule has 0 unspecified atom stereocenters. The summed E-state index contributed by atoms with van der Waals surface area (Å²) in [6.45, 7) is 2.53. The van der Waals surface area contributed by atoms with Crippen molar-refractivity contribution in [1.82, 2.24) is 10.9 Å². The molecule has 0 saturated heterocycles. The molecule has 0 spiro atoms. The first-order valence-electron chi connectivity index (χ1n) is 9.07. The van der Waals surface area contributed by atoms with E-state index in [0.717, 1.165) is 12.0 Å². The van der Waals surface area contributed by atoms with Gasteiger partial charge >= 0.3 is 0 Å². The molecule has 0 fully saturated rings. The zero-order chi connectivity index (χ0) is 20.4. The smallest absolute Gasteiger partial charge is 0.272 e. The van der Waals surface area contributed by atoms with Crippen molar-refractivity contribution in [2.45, 2.75) is 19.8 Å². The number of nitrogens with one attached hydrogen (secondary N) is 2. The maximum atomic E-state index is 12.6. The number of hydrogen-bond donors (Lipinski definition) is 2. The monoisotopic (exact) mass is 385 g/mol. The highest BCUT2D eigenvalue weighted by Crippen LogP contribution is 2.27. The van der Waals surface area contributed by atoms with E-state index in [1.165, 1.54) is 12.7 Å². The second-order valence-corrected chi connectivity index (χ2v) is 6.00. The van der Waals surface area contributed by atoms with Crippen LogP contribution in [0.25, 0.3) is 0 Å². The van der Waals surface area contributed by atoms with E-state index in [1.807, 2.05) is 42.5 Å². The third-order valence-corrected chi connectivity index (χ3v) is 4.25. The molecular formula is C21H27N3O4. The van der Waals surface area contributed by atoms with Gasteiger partial charge in [-0.05, 0) is 36.1 Å². The molecule has 0 bridgehead atoms. The number of methoxy groups -OCH3 is 2. The second kappa shape index (κ2) is 10.9. The molecule has 2 aromatic carbocycles. The van der Waals surface area contributed by atoms with E-state index in [4.69, 9.17) is 14.3 Å². The van der Waals surface area contributed by atoms with Crippen molar-refractivity contribution >= 4 is 11.6 Å². The van der Waals surface area contributed by atoms with Crippen LogP contribution < -0.4 is 20.4 Å². The number of aryl methyl sites for hydroxylation is 1. The van der Waals surface area contributed by atoms with Gasteiger partial charge in [-0.2, -0.15) is 5.59 Å². The molecule has 0 saturated carbocycles. The molecule has 0 aliphatic carbocycles. The number of ether oxygens (including phenoxy) is 2. The SMILES string of the molecule is CCc1ccc(/C(=N\NOC)C(=O)NCCc2ccc(OC)c(OC)c2)cc1. The molecule has 1 amide bonds. The van der Waals surface area contributed by atoms with E-state index in [-0.39, 0.29) is 11.6 Å². The fraction of sp³-hybridized carbons (Fsp3) is 0.333. The molecule has 7 nitrogen and oxygen atoms in total. The normalized spacial score (nSPS) is 11.1. The lowest BCUT2D eigenvalue weighted by molar-refractivity contribution is -0.114. The zero-order valence-corrected chi connectivity index (χ0v) is 16.7. The van der Waals surface area contributed by atoms with Gasteiger partial charge in [-0.15, -0.1) is 5.10 Å². The van der Waals surface area contributed by atoms with E-state index in [2.05, 4.69) is 22.9 Å². The zero-order valence-electron chi connectivity index (χ0n) is 16.7. The predicted octanol–water partition coefficient (Wildman–Crippen LogP) is 2.48. The minimum atomic E-state index is -0.283. The van der Waals surface area contributed by atoms with Crippen LogP contribution in [0.15, 0.2) is 47.6 Å². The van der Waals surface area contributed by atoms with Crippen LogP contribution in [0.3, 0.4) is 0 Å². The van der Waals surface area contributed by atoms with Crippen LogP contribution in [-0.2, 0) is 22.5 Å². The van der Waals surface area contributed by atoms with Crippen LogP contribution in [0.5, 0.6) is 11.5 Å². The van der Waals surface area contributed by atoms with Crippen molar-refractivity contribution in [2.75, 3.05) is 27.9 Å². The van der Waals surface area contributed by atoms with Crippen LogP contribution in [-0.4, -0.2) is 39.5 Å². The van der Waals surface area contributed by atoms with Crippen LogP contribution >= 0.6 is 0 Å². The van der Waals surface area contributed by atoms with Crippen molar-refractivity contribution in [1.29, 1.82) is 0 Å². The molecule has 0 heterocycles. The summed E-state index contributed by atoms with van der Waals surface area (Å²) in [6.07, 6.45) is 1.58. The van der Waals surface area contributed by atoms with Crippen LogP contribution in [0.2, 0.25) is 0 Å². The molecule has 2 rings (SSSR count). The number of rotatable bonds is 10. The average molecular weight is 385 g/mol. The summed E-state index contributed by atoms with van der Waals surface area (Å²) in [4.78, 5) is 17.4. The molecule has 0 atom stereocenters. The fourth-order valence-electron chi connectivity index (χ4n) is 2.68. The van der Waals surface area contributed by atoms with Crippen molar-refractivity contribution in [3.05, 3.63) is 59.2 Å². The number of hydrazone groups is 1. The van der Waals surface area contributed by atoms with Crippen molar-refractivity contribution in [3.8, 4) is 11.5 Å². The summed E-state index contributed by atoms with van der Waals surface area (Å²) in [5.74, 6) is 1.05. The van der Waals surface area contributed by atoms with Gasteiger partial charge < -0.3 is 14.8 Å². The minimum absolute atomic E-state index is 0.261. The van der Waals surface area contributed by atoms with Gasteiger partial charge in [-0.3, -0.25) is 9.63 Å². The lowest BCUT2D eigenvalue weighted by atomic mass is 10.1. The summed E-state index contributed by atoms with van der Waals surface area (Å²) >= 11 is 0. The Balaban J connectivity index is 2.03. The second-order valence-electron chi connectivity index (χ2n) is 6.00. The first-order chi connectivity index (χ1) is 13.6. The van der Waals surface area contributed by atoms with Gasteiger partial charge in [-0.1, -0.05) is 37.3 Å². The maximum Gasteiger partial charge on any atom is 0.272 e. The molecule has 150 valence electrons. The Morgan fingerprint density at radius 2 is 1.64 bits per heavy atom. The van der Waals surface area contributed by atoms with E-state index in [1.54, 1.807) is 14.2 Å². The first-order valence-corrected chi connectivity index (χ1v) is 9.07. The number of nitrogens with zero attached hydrogens (tertiary/aromatic N) is 1. The lowest BCUT2D eigenvalue weighted by Crippen LogP contribution is -2.34. The topological polar surface area (TPSA) is 81.2 Å². The first kappa shape index (κ1) is 21.2. The van der Waals surface area contributed by atoms with Crippen molar-refractivity contribution < 1.29 is 19.1 Å². The van der Waals surface area contributed by atoms with Crippen molar-refractivity contribution in [3.63, 3.8) is 0 Å². The minimum Gasteiger partial charge on any atom is -0.493 e. The number of amides is 1. The third-order valence-electron chi connectivity index (χ3n) is 4.25. The average Bonchev–Trinajstić information content (AvgIpc) is 2.74. The molecule has 2 N–H and O–H groups in total. The van der Waals surface area contributed by atoms with Crippen LogP contribution in [0, 0.1) is 0 Å². The number of hydrogen-bond acceptors (Lipinski definition) is 6.